The van der Waals surface area contributed by atoms with Crippen LogP contribution >= 0.6 is 22.9 Å². The zero-order valence-corrected chi connectivity index (χ0v) is 12.3. The Balaban J connectivity index is 2.30. The first-order chi connectivity index (χ1) is 8.38. The average molecular weight is 302 g/mol. The molecule has 96 valence electrons. The third-order valence-electron chi connectivity index (χ3n) is 2.40. The lowest BCUT2D eigenvalue weighted by molar-refractivity contribution is 0.603. The van der Waals surface area contributed by atoms with Crippen LogP contribution in [0.2, 0.25) is 5.02 Å². The van der Waals surface area contributed by atoms with Crippen molar-refractivity contribution in [3.05, 3.63) is 45.8 Å². The Bertz CT molecular complexity index is 677. The van der Waals surface area contributed by atoms with E-state index in [9.17, 15) is 8.42 Å². The van der Waals surface area contributed by atoms with Crippen molar-refractivity contribution in [3.63, 3.8) is 0 Å². The van der Waals surface area contributed by atoms with E-state index in [1.54, 1.807) is 30.3 Å². The molecule has 18 heavy (non-hydrogen) atoms. The minimum Gasteiger partial charge on any atom is -0.279 e. The first-order valence-electron chi connectivity index (χ1n) is 5.24. The van der Waals surface area contributed by atoms with Gasteiger partial charge in [-0.2, -0.15) is 0 Å². The van der Waals surface area contributed by atoms with Crippen molar-refractivity contribution in [2.24, 2.45) is 0 Å². The van der Waals surface area contributed by atoms with Crippen molar-refractivity contribution >= 4 is 38.6 Å². The average Bonchev–Trinajstić information content (AvgIpc) is 2.71. The maximum Gasteiger partial charge on any atom is 0.271 e. The number of rotatable bonds is 3. The third-order valence-corrected chi connectivity index (χ3v) is 5.69. The Hall–Kier alpha value is -1.04. The highest BCUT2D eigenvalue weighted by Gasteiger charge is 2.16. The smallest absolute Gasteiger partial charge is 0.271 e. The van der Waals surface area contributed by atoms with Gasteiger partial charge in [0.1, 0.15) is 4.21 Å². The van der Waals surface area contributed by atoms with E-state index in [-0.39, 0.29) is 0 Å². The quantitative estimate of drug-likeness (QED) is 0.937. The highest BCUT2D eigenvalue weighted by Crippen LogP contribution is 2.25. The van der Waals surface area contributed by atoms with Gasteiger partial charge in [-0.05, 0) is 43.7 Å². The van der Waals surface area contributed by atoms with Gasteiger partial charge in [0.05, 0.1) is 5.69 Å². The van der Waals surface area contributed by atoms with E-state index in [1.807, 2.05) is 13.8 Å². The van der Waals surface area contributed by atoms with Gasteiger partial charge in [0.25, 0.3) is 10.0 Å². The second-order valence-corrected chi connectivity index (χ2v) is 7.54. The van der Waals surface area contributed by atoms with Gasteiger partial charge in [0, 0.05) is 9.90 Å². The van der Waals surface area contributed by atoms with Crippen LogP contribution in [0.1, 0.15) is 10.4 Å². The molecule has 2 rings (SSSR count). The SMILES string of the molecule is Cc1ccc(S(=O)(=O)Nc2ccc(C)c(Cl)c2)s1. The zero-order chi connectivity index (χ0) is 13.3. The molecule has 6 heteroatoms. The molecular formula is C12H12ClNO2S2. The van der Waals surface area contributed by atoms with Crippen LogP contribution in [0.3, 0.4) is 0 Å². The van der Waals surface area contributed by atoms with E-state index in [4.69, 9.17) is 11.6 Å². The highest BCUT2D eigenvalue weighted by molar-refractivity contribution is 7.94. The zero-order valence-electron chi connectivity index (χ0n) is 9.90. The minimum absolute atomic E-state index is 0.302. The van der Waals surface area contributed by atoms with E-state index in [2.05, 4.69) is 4.72 Å². The van der Waals surface area contributed by atoms with Crippen molar-refractivity contribution < 1.29 is 8.42 Å². The van der Waals surface area contributed by atoms with Gasteiger partial charge in [0.2, 0.25) is 0 Å². The molecule has 0 fully saturated rings. The number of sulfonamides is 1. The van der Waals surface area contributed by atoms with Crippen LogP contribution in [0.5, 0.6) is 0 Å². The van der Waals surface area contributed by atoms with Crippen LogP contribution < -0.4 is 4.72 Å². The summed E-state index contributed by atoms with van der Waals surface area (Å²) in [7, 11) is -3.51. The second kappa shape index (κ2) is 4.91. The number of aryl methyl sites for hydroxylation is 2. The molecule has 0 saturated heterocycles. The van der Waals surface area contributed by atoms with Crippen molar-refractivity contribution in [2.45, 2.75) is 18.1 Å². The van der Waals surface area contributed by atoms with Crippen LogP contribution in [0.4, 0.5) is 5.69 Å². The van der Waals surface area contributed by atoms with Crippen molar-refractivity contribution in [1.29, 1.82) is 0 Å². The number of nitrogens with one attached hydrogen (secondary N) is 1. The maximum absolute atomic E-state index is 12.1. The summed E-state index contributed by atoms with van der Waals surface area (Å²) in [5.74, 6) is 0. The number of anilines is 1. The first-order valence-corrected chi connectivity index (χ1v) is 7.92. The van der Waals surface area contributed by atoms with E-state index < -0.39 is 10.0 Å². The summed E-state index contributed by atoms with van der Waals surface area (Å²) in [6, 6.07) is 8.45. The fraction of sp³-hybridized carbons (Fsp3) is 0.167. The van der Waals surface area contributed by atoms with Gasteiger partial charge in [-0.25, -0.2) is 8.42 Å². The lowest BCUT2D eigenvalue weighted by Crippen LogP contribution is -2.11. The Morgan fingerprint density at radius 2 is 1.89 bits per heavy atom. The molecule has 0 radical (unpaired) electrons. The summed E-state index contributed by atoms with van der Waals surface area (Å²) in [6.07, 6.45) is 0. The molecule has 2 aromatic rings. The van der Waals surface area contributed by atoms with Gasteiger partial charge >= 0.3 is 0 Å². The Morgan fingerprint density at radius 3 is 2.44 bits per heavy atom. The minimum atomic E-state index is -3.51. The van der Waals surface area contributed by atoms with Gasteiger partial charge in [-0.3, -0.25) is 4.72 Å². The molecule has 0 aliphatic heterocycles. The van der Waals surface area contributed by atoms with Crippen LogP contribution in [0.15, 0.2) is 34.5 Å². The molecule has 0 unspecified atom stereocenters. The molecule has 0 bridgehead atoms. The molecule has 0 amide bonds. The van der Waals surface area contributed by atoms with Gasteiger partial charge in [-0.15, -0.1) is 11.3 Å². The lowest BCUT2D eigenvalue weighted by atomic mass is 10.2. The molecule has 3 nitrogen and oxygen atoms in total. The highest BCUT2D eigenvalue weighted by atomic mass is 35.5. The van der Waals surface area contributed by atoms with E-state index in [0.29, 0.717) is 14.9 Å². The normalized spacial score (nSPS) is 11.5. The van der Waals surface area contributed by atoms with Crippen LogP contribution in [0.25, 0.3) is 0 Å². The number of benzene rings is 1. The largest absolute Gasteiger partial charge is 0.279 e. The van der Waals surface area contributed by atoms with Crippen LogP contribution in [-0.2, 0) is 10.0 Å². The summed E-state index contributed by atoms with van der Waals surface area (Å²) in [6.45, 7) is 3.73. The molecule has 1 aromatic heterocycles. The van der Waals surface area contributed by atoms with Crippen molar-refractivity contribution in [1.82, 2.24) is 0 Å². The number of hydrogen-bond acceptors (Lipinski definition) is 3. The molecule has 1 aromatic carbocycles. The van der Waals surface area contributed by atoms with Crippen molar-refractivity contribution in [2.75, 3.05) is 4.72 Å². The Kier molecular flexibility index (Phi) is 3.66. The second-order valence-electron chi connectivity index (χ2n) is 3.93. The fourth-order valence-electron chi connectivity index (χ4n) is 1.42. The van der Waals surface area contributed by atoms with Gasteiger partial charge in [-0.1, -0.05) is 17.7 Å². The summed E-state index contributed by atoms with van der Waals surface area (Å²) >= 11 is 7.20. The van der Waals surface area contributed by atoms with Crippen molar-refractivity contribution in [3.8, 4) is 0 Å². The monoisotopic (exact) mass is 301 g/mol. The fourth-order valence-corrected chi connectivity index (χ4v) is 3.93. The summed E-state index contributed by atoms with van der Waals surface area (Å²) in [5.41, 5.74) is 1.38. The summed E-state index contributed by atoms with van der Waals surface area (Å²) in [4.78, 5) is 0.956. The molecule has 0 spiro atoms. The predicted octanol–water partition coefficient (Wildman–Crippen LogP) is 3.82. The standard InChI is InChI=1S/C12H12ClNO2S2/c1-8-3-5-10(7-11(8)13)14-18(15,16)12-6-4-9(2)17-12/h3-7,14H,1-2H3. The van der Waals surface area contributed by atoms with Crippen LogP contribution in [-0.4, -0.2) is 8.42 Å². The summed E-state index contributed by atoms with van der Waals surface area (Å²) in [5, 5.41) is 0.539. The van der Waals surface area contributed by atoms with Gasteiger partial charge in [0.15, 0.2) is 0 Å². The van der Waals surface area contributed by atoms with Crippen LogP contribution in [0, 0.1) is 13.8 Å². The maximum atomic E-state index is 12.1. The lowest BCUT2D eigenvalue weighted by Gasteiger charge is -2.07. The predicted molar refractivity (Wildman–Crippen MR) is 76.1 cm³/mol. The number of halogens is 1. The van der Waals surface area contributed by atoms with E-state index in [0.717, 1.165) is 10.4 Å². The topological polar surface area (TPSA) is 46.2 Å². The Labute approximate surface area is 115 Å². The first kappa shape index (κ1) is 13.4. The van der Waals surface area contributed by atoms with Gasteiger partial charge < -0.3 is 0 Å². The molecule has 1 N–H and O–H groups in total. The Morgan fingerprint density at radius 1 is 1.17 bits per heavy atom. The number of hydrogen-bond donors (Lipinski definition) is 1. The third kappa shape index (κ3) is 2.85. The van der Waals surface area contributed by atoms with E-state index >= 15 is 0 Å². The van der Waals surface area contributed by atoms with E-state index in [1.165, 1.54) is 11.3 Å². The molecule has 0 atom stereocenters. The molecule has 0 aliphatic rings. The summed E-state index contributed by atoms with van der Waals surface area (Å²) < 4.78 is 27.0. The molecular weight excluding hydrogens is 290 g/mol. The molecule has 1 heterocycles. The molecule has 0 saturated carbocycles. The number of thiophene rings is 1. The molecule has 0 aliphatic carbocycles.